The minimum absolute atomic E-state index is 0.0127. The van der Waals surface area contributed by atoms with E-state index in [0.29, 0.717) is 17.9 Å². The summed E-state index contributed by atoms with van der Waals surface area (Å²) in [5.41, 5.74) is 6.60. The Bertz CT molecular complexity index is 561. The van der Waals surface area contributed by atoms with Gasteiger partial charge in [0.25, 0.3) is 5.91 Å². The third-order valence-corrected chi connectivity index (χ3v) is 4.22. The van der Waals surface area contributed by atoms with E-state index in [-0.39, 0.29) is 11.9 Å². The van der Waals surface area contributed by atoms with Gasteiger partial charge >= 0.3 is 0 Å². The average Bonchev–Trinajstić information content (AvgIpc) is 3.05. The summed E-state index contributed by atoms with van der Waals surface area (Å²) in [6.45, 7) is 4.65. The van der Waals surface area contributed by atoms with E-state index in [4.69, 9.17) is 5.73 Å². The molecule has 1 amide bonds. The van der Waals surface area contributed by atoms with Crippen LogP contribution in [0.4, 0.5) is 5.69 Å². The minimum Gasteiger partial charge on any atom is -0.396 e. The maximum atomic E-state index is 12.4. The smallest absolute Gasteiger partial charge is 0.276 e. The zero-order chi connectivity index (χ0) is 14.0. The fourth-order valence-electron chi connectivity index (χ4n) is 1.83. The molecule has 19 heavy (non-hydrogen) atoms. The van der Waals surface area contributed by atoms with Gasteiger partial charge in [0.15, 0.2) is 5.69 Å². The molecule has 2 heterocycles. The predicted octanol–water partition coefficient (Wildman–Crippen LogP) is 2.38. The Kier molecular flexibility index (Phi) is 3.90. The van der Waals surface area contributed by atoms with E-state index in [9.17, 15) is 4.79 Å². The number of hydrogen-bond donors (Lipinski definition) is 1. The summed E-state index contributed by atoms with van der Waals surface area (Å²) in [5, 5.41) is 6.22. The molecule has 2 N–H and O–H groups in total. The number of rotatable bonds is 4. The molecule has 0 saturated carbocycles. The average molecular weight is 278 g/mol. The van der Waals surface area contributed by atoms with Gasteiger partial charge in [-0.3, -0.25) is 9.48 Å². The number of anilines is 1. The summed E-state index contributed by atoms with van der Waals surface area (Å²) in [5.74, 6) is -0.148. The van der Waals surface area contributed by atoms with Gasteiger partial charge in [0.1, 0.15) is 0 Å². The standard InChI is InChI=1S/C13H18N4OS/c1-4-17-8-10(14)12(15-17)13(18)16(3)9(2)11-6-5-7-19-11/h5-9H,4,14H2,1-3H3. The molecule has 2 aromatic heterocycles. The SMILES string of the molecule is CCn1cc(N)c(C(=O)N(C)C(C)c2cccs2)n1. The fourth-order valence-corrected chi connectivity index (χ4v) is 2.65. The Morgan fingerprint density at radius 3 is 2.89 bits per heavy atom. The molecule has 5 nitrogen and oxygen atoms in total. The monoisotopic (exact) mass is 278 g/mol. The van der Waals surface area contributed by atoms with E-state index in [1.807, 2.05) is 31.4 Å². The van der Waals surface area contributed by atoms with Crippen molar-refractivity contribution in [2.75, 3.05) is 12.8 Å². The third kappa shape index (κ3) is 2.63. The van der Waals surface area contributed by atoms with E-state index >= 15 is 0 Å². The van der Waals surface area contributed by atoms with Crippen molar-refractivity contribution in [1.82, 2.24) is 14.7 Å². The first kappa shape index (κ1) is 13.6. The van der Waals surface area contributed by atoms with Crippen LogP contribution in [-0.2, 0) is 6.54 Å². The van der Waals surface area contributed by atoms with Crippen molar-refractivity contribution in [2.45, 2.75) is 26.4 Å². The largest absolute Gasteiger partial charge is 0.396 e. The van der Waals surface area contributed by atoms with Gasteiger partial charge in [0.05, 0.1) is 11.7 Å². The highest BCUT2D eigenvalue weighted by atomic mass is 32.1. The highest BCUT2D eigenvalue weighted by Gasteiger charge is 2.23. The van der Waals surface area contributed by atoms with Crippen LogP contribution in [0.3, 0.4) is 0 Å². The Morgan fingerprint density at radius 1 is 1.63 bits per heavy atom. The first-order chi connectivity index (χ1) is 9.04. The van der Waals surface area contributed by atoms with Gasteiger partial charge < -0.3 is 10.6 Å². The van der Waals surface area contributed by atoms with Gasteiger partial charge in [-0.05, 0) is 25.3 Å². The van der Waals surface area contributed by atoms with Crippen molar-refractivity contribution in [3.63, 3.8) is 0 Å². The van der Waals surface area contributed by atoms with Crippen LogP contribution in [0.5, 0.6) is 0 Å². The lowest BCUT2D eigenvalue weighted by atomic mass is 10.2. The number of hydrogen-bond acceptors (Lipinski definition) is 4. The van der Waals surface area contributed by atoms with E-state index in [0.717, 1.165) is 4.88 Å². The number of nitrogens with two attached hydrogens (primary N) is 1. The molecule has 0 radical (unpaired) electrons. The molecular formula is C13H18N4OS. The number of carbonyl (C=O) groups is 1. The van der Waals surface area contributed by atoms with Crippen LogP contribution in [0, 0.1) is 0 Å². The van der Waals surface area contributed by atoms with E-state index in [1.165, 1.54) is 0 Å². The van der Waals surface area contributed by atoms with Crippen LogP contribution in [0.2, 0.25) is 0 Å². The Morgan fingerprint density at radius 2 is 2.37 bits per heavy atom. The lowest BCUT2D eigenvalue weighted by Gasteiger charge is -2.23. The highest BCUT2D eigenvalue weighted by molar-refractivity contribution is 7.10. The Balaban J connectivity index is 2.21. The molecule has 102 valence electrons. The number of aromatic nitrogens is 2. The first-order valence-electron chi connectivity index (χ1n) is 6.18. The molecule has 2 aromatic rings. The van der Waals surface area contributed by atoms with Gasteiger partial charge in [0.2, 0.25) is 0 Å². The van der Waals surface area contributed by atoms with Crippen LogP contribution < -0.4 is 5.73 Å². The summed E-state index contributed by atoms with van der Waals surface area (Å²) >= 11 is 1.64. The van der Waals surface area contributed by atoms with Crippen molar-refractivity contribution in [2.24, 2.45) is 0 Å². The van der Waals surface area contributed by atoms with Crippen LogP contribution >= 0.6 is 11.3 Å². The molecule has 0 fully saturated rings. The molecule has 2 rings (SSSR count). The van der Waals surface area contributed by atoms with E-state index in [2.05, 4.69) is 5.10 Å². The predicted molar refractivity (Wildman–Crippen MR) is 77.1 cm³/mol. The highest BCUT2D eigenvalue weighted by Crippen LogP contribution is 2.25. The van der Waals surface area contributed by atoms with Crippen molar-refractivity contribution < 1.29 is 4.79 Å². The summed E-state index contributed by atoms with van der Waals surface area (Å²) in [7, 11) is 1.77. The molecule has 0 aliphatic carbocycles. The van der Waals surface area contributed by atoms with Gasteiger partial charge in [-0.25, -0.2) is 0 Å². The fraction of sp³-hybridized carbons (Fsp3) is 0.385. The molecule has 1 unspecified atom stereocenters. The van der Waals surface area contributed by atoms with Crippen molar-refractivity contribution >= 4 is 22.9 Å². The molecule has 0 bridgehead atoms. The molecule has 0 saturated heterocycles. The van der Waals surface area contributed by atoms with Crippen LogP contribution in [0.25, 0.3) is 0 Å². The number of amides is 1. The number of thiophene rings is 1. The number of nitrogens with zero attached hydrogens (tertiary/aromatic N) is 3. The van der Waals surface area contributed by atoms with Crippen molar-refractivity contribution in [3.05, 3.63) is 34.3 Å². The van der Waals surface area contributed by atoms with Crippen molar-refractivity contribution in [3.8, 4) is 0 Å². The zero-order valence-electron chi connectivity index (χ0n) is 11.3. The van der Waals surface area contributed by atoms with E-state index < -0.39 is 0 Å². The second-order valence-corrected chi connectivity index (χ2v) is 5.38. The summed E-state index contributed by atoms with van der Waals surface area (Å²) in [4.78, 5) is 15.2. The molecule has 1 atom stereocenters. The van der Waals surface area contributed by atoms with E-state index in [1.54, 1.807) is 34.2 Å². The van der Waals surface area contributed by atoms with Crippen LogP contribution in [0.1, 0.15) is 35.3 Å². The summed E-state index contributed by atoms with van der Waals surface area (Å²) < 4.78 is 1.67. The topological polar surface area (TPSA) is 64.2 Å². The second kappa shape index (κ2) is 5.44. The molecule has 0 aromatic carbocycles. The van der Waals surface area contributed by atoms with Gasteiger partial charge in [0, 0.05) is 24.7 Å². The minimum atomic E-state index is -0.148. The number of carbonyl (C=O) groups excluding carboxylic acids is 1. The van der Waals surface area contributed by atoms with Gasteiger partial charge in [-0.15, -0.1) is 11.3 Å². The van der Waals surface area contributed by atoms with Gasteiger partial charge in [-0.1, -0.05) is 6.07 Å². The molecule has 0 aliphatic heterocycles. The summed E-state index contributed by atoms with van der Waals surface area (Å²) in [6, 6.07) is 4.01. The first-order valence-corrected chi connectivity index (χ1v) is 7.06. The molecule has 6 heteroatoms. The Labute approximate surface area is 116 Å². The van der Waals surface area contributed by atoms with Gasteiger partial charge in [-0.2, -0.15) is 5.10 Å². The van der Waals surface area contributed by atoms with Crippen LogP contribution in [-0.4, -0.2) is 27.6 Å². The van der Waals surface area contributed by atoms with Crippen molar-refractivity contribution in [1.29, 1.82) is 0 Å². The lowest BCUT2D eigenvalue weighted by Crippen LogP contribution is -2.30. The zero-order valence-corrected chi connectivity index (χ0v) is 12.1. The lowest BCUT2D eigenvalue weighted by molar-refractivity contribution is 0.0739. The molecule has 0 spiro atoms. The summed E-state index contributed by atoms with van der Waals surface area (Å²) in [6.07, 6.45) is 1.69. The van der Waals surface area contributed by atoms with Crippen LogP contribution in [0.15, 0.2) is 23.7 Å². The molecular weight excluding hydrogens is 260 g/mol. The number of aryl methyl sites for hydroxylation is 1. The third-order valence-electron chi connectivity index (χ3n) is 3.17. The Hall–Kier alpha value is -1.82. The maximum absolute atomic E-state index is 12.4. The normalized spacial score (nSPS) is 12.4. The quantitative estimate of drug-likeness (QED) is 0.934. The number of nitrogen functional groups attached to an aromatic ring is 1. The maximum Gasteiger partial charge on any atom is 0.276 e. The molecule has 0 aliphatic rings. The second-order valence-electron chi connectivity index (χ2n) is 4.40.